The first kappa shape index (κ1) is 11.5. The minimum Gasteiger partial charge on any atom is -0.321 e. The van der Waals surface area contributed by atoms with E-state index in [-0.39, 0.29) is 11.6 Å². The Morgan fingerprint density at radius 2 is 2.32 bits per heavy atom. The number of hydrogen-bond donors (Lipinski definition) is 2. The van der Waals surface area contributed by atoms with Crippen LogP contribution < -0.4 is 5.32 Å². The normalized spacial score (nSPS) is 10.3. The van der Waals surface area contributed by atoms with E-state index in [9.17, 15) is 4.79 Å². The summed E-state index contributed by atoms with van der Waals surface area (Å²) in [5, 5.41) is 15.3. The summed E-state index contributed by atoms with van der Waals surface area (Å²) >= 11 is 1.55. The molecule has 3 aromatic rings. The number of aromatic amines is 1. The maximum Gasteiger partial charge on any atom is 0.277 e. The van der Waals surface area contributed by atoms with E-state index in [4.69, 9.17) is 0 Å². The van der Waals surface area contributed by atoms with Gasteiger partial charge in [0.1, 0.15) is 5.01 Å². The molecule has 0 aliphatic heterocycles. The highest BCUT2D eigenvalue weighted by atomic mass is 32.1. The lowest BCUT2D eigenvalue weighted by Crippen LogP contribution is -2.12. The number of benzene rings is 1. The molecule has 0 spiro atoms. The van der Waals surface area contributed by atoms with Gasteiger partial charge in [0.2, 0.25) is 0 Å². The molecule has 2 N–H and O–H groups in total. The van der Waals surface area contributed by atoms with Gasteiger partial charge >= 0.3 is 0 Å². The second-order valence-corrected chi connectivity index (χ2v) is 4.62. The van der Waals surface area contributed by atoms with Crippen molar-refractivity contribution in [1.82, 2.24) is 20.4 Å². The molecule has 2 aromatic heterocycles. The fourth-order valence-electron chi connectivity index (χ4n) is 1.60. The molecule has 19 heavy (non-hydrogen) atoms. The molecule has 0 bridgehead atoms. The number of nitrogens with one attached hydrogen (secondary N) is 2. The minimum atomic E-state index is -0.301. The Bertz CT molecular complexity index is 678. The predicted molar refractivity (Wildman–Crippen MR) is 71.9 cm³/mol. The average molecular weight is 271 g/mol. The molecule has 1 amide bonds. The fraction of sp³-hybridized carbons (Fsp3) is 0. The summed E-state index contributed by atoms with van der Waals surface area (Å²) in [5.41, 5.74) is 1.91. The van der Waals surface area contributed by atoms with Crippen LogP contribution in [0.2, 0.25) is 0 Å². The van der Waals surface area contributed by atoms with Crippen molar-refractivity contribution in [2.75, 3.05) is 5.32 Å². The molecular formula is C12H9N5OS. The number of aromatic nitrogens is 4. The van der Waals surface area contributed by atoms with Crippen molar-refractivity contribution >= 4 is 22.9 Å². The van der Waals surface area contributed by atoms with Gasteiger partial charge in [0.25, 0.3) is 5.91 Å². The fourth-order valence-corrected chi connectivity index (χ4v) is 2.24. The molecule has 7 heteroatoms. The quantitative estimate of drug-likeness (QED) is 0.764. The number of rotatable bonds is 3. The summed E-state index contributed by atoms with van der Waals surface area (Å²) in [7, 11) is 0. The number of amides is 1. The van der Waals surface area contributed by atoms with Gasteiger partial charge in [-0.1, -0.05) is 12.1 Å². The molecule has 0 saturated carbocycles. The standard InChI is InChI=1S/C12H9N5OS/c18-11(10-7-14-17-16-10)15-9-3-1-2-8(6-9)12-13-4-5-19-12/h1-7H,(H,15,18)(H,14,16,17). The smallest absolute Gasteiger partial charge is 0.277 e. The van der Waals surface area contributed by atoms with Crippen molar-refractivity contribution in [3.05, 3.63) is 47.7 Å². The van der Waals surface area contributed by atoms with Crippen LogP contribution in [0, 0.1) is 0 Å². The summed E-state index contributed by atoms with van der Waals surface area (Å²) in [6, 6.07) is 7.51. The second kappa shape index (κ2) is 4.99. The van der Waals surface area contributed by atoms with Crippen molar-refractivity contribution in [3.63, 3.8) is 0 Å². The second-order valence-electron chi connectivity index (χ2n) is 3.73. The van der Waals surface area contributed by atoms with Gasteiger partial charge in [-0.05, 0) is 12.1 Å². The largest absolute Gasteiger partial charge is 0.321 e. The Hall–Kier alpha value is -2.54. The first-order valence-corrected chi connectivity index (χ1v) is 6.38. The summed E-state index contributed by atoms with van der Waals surface area (Å²) < 4.78 is 0. The Labute approximate surface area is 112 Å². The highest BCUT2D eigenvalue weighted by Gasteiger charge is 2.09. The van der Waals surface area contributed by atoms with E-state index >= 15 is 0 Å². The van der Waals surface area contributed by atoms with Gasteiger partial charge in [-0.2, -0.15) is 15.4 Å². The van der Waals surface area contributed by atoms with Gasteiger partial charge in [0.15, 0.2) is 5.69 Å². The van der Waals surface area contributed by atoms with E-state index < -0.39 is 0 Å². The molecule has 0 saturated heterocycles. The van der Waals surface area contributed by atoms with Crippen LogP contribution in [0.5, 0.6) is 0 Å². The first-order chi connectivity index (χ1) is 9.33. The van der Waals surface area contributed by atoms with Crippen molar-refractivity contribution in [2.24, 2.45) is 0 Å². The van der Waals surface area contributed by atoms with E-state index in [2.05, 4.69) is 25.7 Å². The molecule has 6 nitrogen and oxygen atoms in total. The van der Waals surface area contributed by atoms with Crippen LogP contribution in [0.4, 0.5) is 5.69 Å². The predicted octanol–water partition coefficient (Wildman–Crippen LogP) is 2.18. The lowest BCUT2D eigenvalue weighted by atomic mass is 10.2. The monoisotopic (exact) mass is 271 g/mol. The average Bonchev–Trinajstić information content (AvgIpc) is 3.13. The van der Waals surface area contributed by atoms with Crippen LogP contribution in [0.25, 0.3) is 10.6 Å². The number of carbonyl (C=O) groups is 1. The molecule has 0 aliphatic rings. The Balaban J connectivity index is 1.82. The molecule has 1 aromatic carbocycles. The highest BCUT2D eigenvalue weighted by molar-refractivity contribution is 7.13. The maximum absolute atomic E-state index is 11.8. The molecule has 2 heterocycles. The zero-order valence-electron chi connectivity index (χ0n) is 9.70. The number of thiazole rings is 1. The van der Waals surface area contributed by atoms with E-state index in [0.717, 1.165) is 10.6 Å². The van der Waals surface area contributed by atoms with Crippen LogP contribution in [-0.4, -0.2) is 26.3 Å². The SMILES string of the molecule is O=C(Nc1cccc(-c2nccs2)c1)c1cn[nH]n1. The summed E-state index contributed by atoms with van der Waals surface area (Å²) in [6.07, 6.45) is 3.13. The van der Waals surface area contributed by atoms with E-state index in [1.165, 1.54) is 6.20 Å². The van der Waals surface area contributed by atoms with Gasteiger partial charge in [0, 0.05) is 22.8 Å². The molecule has 3 rings (SSSR count). The Morgan fingerprint density at radius 3 is 3.05 bits per heavy atom. The third-order valence-electron chi connectivity index (χ3n) is 2.45. The van der Waals surface area contributed by atoms with Gasteiger partial charge in [-0.25, -0.2) is 4.98 Å². The number of hydrogen-bond acceptors (Lipinski definition) is 5. The lowest BCUT2D eigenvalue weighted by molar-refractivity contribution is 0.102. The van der Waals surface area contributed by atoms with Gasteiger partial charge in [-0.15, -0.1) is 11.3 Å². The molecule has 0 atom stereocenters. The van der Waals surface area contributed by atoms with Crippen LogP contribution in [0.3, 0.4) is 0 Å². The maximum atomic E-state index is 11.8. The highest BCUT2D eigenvalue weighted by Crippen LogP contribution is 2.24. The molecule has 0 unspecified atom stereocenters. The van der Waals surface area contributed by atoms with Gasteiger partial charge in [0.05, 0.1) is 6.20 Å². The summed E-state index contributed by atoms with van der Waals surface area (Å²) in [5.74, 6) is -0.301. The third kappa shape index (κ3) is 2.50. The Morgan fingerprint density at radius 1 is 1.37 bits per heavy atom. The Kier molecular flexibility index (Phi) is 3.03. The van der Waals surface area contributed by atoms with Crippen LogP contribution in [0.1, 0.15) is 10.5 Å². The summed E-state index contributed by atoms with van der Waals surface area (Å²) in [6.45, 7) is 0. The zero-order valence-corrected chi connectivity index (χ0v) is 10.5. The van der Waals surface area contributed by atoms with Crippen LogP contribution in [0.15, 0.2) is 42.0 Å². The molecule has 0 fully saturated rings. The topological polar surface area (TPSA) is 83.6 Å². The number of nitrogens with zero attached hydrogens (tertiary/aromatic N) is 3. The van der Waals surface area contributed by atoms with E-state index in [1.807, 2.05) is 29.6 Å². The third-order valence-corrected chi connectivity index (χ3v) is 3.27. The molecular weight excluding hydrogens is 262 g/mol. The van der Waals surface area contributed by atoms with Crippen molar-refractivity contribution in [3.8, 4) is 10.6 Å². The van der Waals surface area contributed by atoms with Crippen molar-refractivity contribution in [1.29, 1.82) is 0 Å². The van der Waals surface area contributed by atoms with Crippen molar-refractivity contribution < 1.29 is 4.79 Å². The van der Waals surface area contributed by atoms with Crippen LogP contribution >= 0.6 is 11.3 Å². The van der Waals surface area contributed by atoms with E-state index in [0.29, 0.717) is 5.69 Å². The summed E-state index contributed by atoms with van der Waals surface area (Å²) in [4.78, 5) is 16.1. The molecule has 94 valence electrons. The lowest BCUT2D eigenvalue weighted by Gasteiger charge is -2.04. The molecule has 0 aliphatic carbocycles. The number of H-pyrrole nitrogens is 1. The van der Waals surface area contributed by atoms with E-state index in [1.54, 1.807) is 17.5 Å². The molecule has 0 radical (unpaired) electrons. The van der Waals surface area contributed by atoms with Crippen LogP contribution in [-0.2, 0) is 0 Å². The first-order valence-electron chi connectivity index (χ1n) is 5.50. The van der Waals surface area contributed by atoms with Gasteiger partial charge < -0.3 is 5.32 Å². The number of carbonyl (C=O) groups excluding carboxylic acids is 1. The number of anilines is 1. The zero-order chi connectivity index (χ0) is 13.1. The van der Waals surface area contributed by atoms with Crippen molar-refractivity contribution in [2.45, 2.75) is 0 Å². The van der Waals surface area contributed by atoms with Gasteiger partial charge in [-0.3, -0.25) is 4.79 Å². The minimum absolute atomic E-state index is 0.250.